The van der Waals surface area contributed by atoms with Gasteiger partial charge in [0.2, 0.25) is 11.6 Å². The van der Waals surface area contributed by atoms with Crippen molar-refractivity contribution in [2.75, 3.05) is 17.3 Å². The Kier molecular flexibility index (Phi) is 6.47. The van der Waals surface area contributed by atoms with E-state index in [0.29, 0.717) is 6.54 Å². The molecule has 9 nitrogen and oxygen atoms in total. The lowest BCUT2D eigenvalue weighted by molar-refractivity contribution is -0.383. The number of hydrogen-bond acceptors (Lipinski definition) is 7. The fraction of sp³-hybridized carbons (Fsp3) is 0.267. The molecule has 0 fully saturated rings. The third-order valence-electron chi connectivity index (χ3n) is 3.24. The van der Waals surface area contributed by atoms with Crippen LogP contribution in [-0.2, 0) is 0 Å². The van der Waals surface area contributed by atoms with Gasteiger partial charge < -0.3 is 5.32 Å². The van der Waals surface area contributed by atoms with Crippen LogP contribution in [-0.4, -0.2) is 27.3 Å². The van der Waals surface area contributed by atoms with Gasteiger partial charge in [0, 0.05) is 6.54 Å². The third-order valence-corrected chi connectivity index (χ3v) is 3.57. The summed E-state index contributed by atoms with van der Waals surface area (Å²) in [5.41, 5.74) is 4.69. The minimum absolute atomic E-state index is 0.0861. The van der Waals surface area contributed by atoms with Crippen LogP contribution >= 0.6 is 11.6 Å². The largest absolute Gasteiger partial charge is 0.364 e. The summed E-state index contributed by atoms with van der Waals surface area (Å²) in [6.45, 7) is 2.55. The molecule has 1 aromatic carbocycles. The molecule has 0 radical (unpaired) electrons. The maximum atomic E-state index is 12.1. The molecule has 0 spiro atoms. The van der Waals surface area contributed by atoms with Gasteiger partial charge in [0.1, 0.15) is 6.33 Å². The van der Waals surface area contributed by atoms with Crippen molar-refractivity contribution in [1.82, 2.24) is 15.4 Å². The molecule has 25 heavy (non-hydrogen) atoms. The van der Waals surface area contributed by atoms with Crippen LogP contribution in [0.4, 0.5) is 17.3 Å². The number of anilines is 2. The fourth-order valence-electron chi connectivity index (χ4n) is 1.98. The van der Waals surface area contributed by atoms with Crippen LogP contribution in [0.5, 0.6) is 0 Å². The first-order chi connectivity index (χ1) is 12.0. The Morgan fingerprint density at radius 2 is 2.00 bits per heavy atom. The molecular weight excluding hydrogens is 348 g/mol. The average Bonchev–Trinajstić information content (AvgIpc) is 2.60. The van der Waals surface area contributed by atoms with E-state index in [1.54, 1.807) is 18.2 Å². The predicted molar refractivity (Wildman–Crippen MR) is 94.6 cm³/mol. The number of hydrogen-bond donors (Lipinski definition) is 3. The Morgan fingerprint density at radius 1 is 1.28 bits per heavy atom. The lowest BCUT2D eigenvalue weighted by Crippen LogP contribution is -2.30. The Labute approximate surface area is 148 Å². The molecule has 0 aliphatic rings. The lowest BCUT2D eigenvalue weighted by Gasteiger charge is -2.11. The number of unbranched alkanes of at least 4 members (excludes halogenated alkanes) is 1. The highest BCUT2D eigenvalue weighted by Crippen LogP contribution is 2.28. The summed E-state index contributed by atoms with van der Waals surface area (Å²) in [7, 11) is 0. The second-order valence-electron chi connectivity index (χ2n) is 5.02. The van der Waals surface area contributed by atoms with Gasteiger partial charge in [0.15, 0.2) is 0 Å². The van der Waals surface area contributed by atoms with Crippen molar-refractivity contribution in [2.24, 2.45) is 0 Å². The molecule has 0 saturated heterocycles. The van der Waals surface area contributed by atoms with E-state index in [-0.39, 0.29) is 27.9 Å². The Balaban J connectivity index is 2.16. The third kappa shape index (κ3) is 4.77. The van der Waals surface area contributed by atoms with Crippen LogP contribution in [0.3, 0.4) is 0 Å². The van der Waals surface area contributed by atoms with Crippen LogP contribution in [0.2, 0.25) is 5.02 Å². The minimum Gasteiger partial charge on any atom is -0.364 e. The summed E-state index contributed by atoms with van der Waals surface area (Å²) in [5.74, 6) is -0.582. The first kappa shape index (κ1) is 18.4. The highest BCUT2D eigenvalue weighted by atomic mass is 35.5. The van der Waals surface area contributed by atoms with Gasteiger partial charge in [-0.05, 0) is 18.6 Å². The van der Waals surface area contributed by atoms with E-state index in [1.807, 2.05) is 6.92 Å². The SMILES string of the molecule is CCCCNc1ncnc(NNC(=O)c2ccccc2Cl)c1[N+](=O)[O-]. The molecule has 2 rings (SSSR count). The summed E-state index contributed by atoms with van der Waals surface area (Å²) in [6.07, 6.45) is 2.95. The number of halogens is 1. The highest BCUT2D eigenvalue weighted by Gasteiger charge is 2.23. The number of carbonyl (C=O) groups is 1. The maximum Gasteiger partial charge on any atom is 0.354 e. The van der Waals surface area contributed by atoms with E-state index < -0.39 is 10.8 Å². The summed E-state index contributed by atoms with van der Waals surface area (Å²) in [4.78, 5) is 30.6. The van der Waals surface area contributed by atoms with Gasteiger partial charge in [-0.1, -0.05) is 37.1 Å². The molecule has 0 aliphatic heterocycles. The van der Waals surface area contributed by atoms with Gasteiger partial charge >= 0.3 is 5.69 Å². The fourth-order valence-corrected chi connectivity index (χ4v) is 2.21. The van der Waals surface area contributed by atoms with Gasteiger partial charge in [-0.3, -0.25) is 25.8 Å². The topological polar surface area (TPSA) is 122 Å². The quantitative estimate of drug-likeness (QED) is 0.374. The molecule has 0 bridgehead atoms. The number of nitro groups is 1. The molecule has 1 aromatic heterocycles. The lowest BCUT2D eigenvalue weighted by atomic mass is 10.2. The van der Waals surface area contributed by atoms with E-state index in [0.717, 1.165) is 12.8 Å². The molecular formula is C15H17ClN6O3. The number of hydrazine groups is 1. The van der Waals surface area contributed by atoms with E-state index in [1.165, 1.54) is 12.4 Å². The average molecular weight is 365 g/mol. The molecule has 1 heterocycles. The number of benzene rings is 1. The number of amides is 1. The van der Waals surface area contributed by atoms with Crippen LogP contribution in [0.25, 0.3) is 0 Å². The van der Waals surface area contributed by atoms with E-state index in [4.69, 9.17) is 11.6 Å². The minimum atomic E-state index is -0.613. The second kappa shape index (κ2) is 8.78. The van der Waals surface area contributed by atoms with Crippen molar-refractivity contribution < 1.29 is 9.72 Å². The van der Waals surface area contributed by atoms with Crippen molar-refractivity contribution in [3.05, 3.63) is 51.3 Å². The predicted octanol–water partition coefficient (Wildman–Crippen LogP) is 3.01. The number of nitrogens with one attached hydrogen (secondary N) is 3. The molecule has 2 aromatic rings. The first-order valence-electron chi connectivity index (χ1n) is 7.58. The molecule has 10 heteroatoms. The van der Waals surface area contributed by atoms with Crippen molar-refractivity contribution in [3.8, 4) is 0 Å². The summed E-state index contributed by atoms with van der Waals surface area (Å²) in [6, 6.07) is 6.45. The van der Waals surface area contributed by atoms with Gasteiger partial charge in [-0.25, -0.2) is 9.97 Å². The van der Waals surface area contributed by atoms with Crippen LogP contribution in [0, 0.1) is 10.1 Å². The van der Waals surface area contributed by atoms with Crippen LogP contribution in [0.1, 0.15) is 30.1 Å². The summed E-state index contributed by atoms with van der Waals surface area (Å²) < 4.78 is 0. The number of aromatic nitrogens is 2. The van der Waals surface area contributed by atoms with Gasteiger partial charge in [-0.2, -0.15) is 0 Å². The van der Waals surface area contributed by atoms with E-state index in [2.05, 4.69) is 26.1 Å². The smallest absolute Gasteiger partial charge is 0.354 e. The number of rotatable bonds is 8. The summed E-state index contributed by atoms with van der Waals surface area (Å²) in [5, 5.41) is 14.5. The van der Waals surface area contributed by atoms with E-state index >= 15 is 0 Å². The number of carbonyl (C=O) groups excluding carboxylic acids is 1. The zero-order chi connectivity index (χ0) is 18.2. The highest BCUT2D eigenvalue weighted by molar-refractivity contribution is 6.33. The van der Waals surface area contributed by atoms with Gasteiger partial charge in [0.25, 0.3) is 5.91 Å². The molecule has 0 atom stereocenters. The van der Waals surface area contributed by atoms with E-state index in [9.17, 15) is 14.9 Å². The van der Waals surface area contributed by atoms with Crippen LogP contribution in [0.15, 0.2) is 30.6 Å². The zero-order valence-electron chi connectivity index (χ0n) is 13.5. The molecule has 0 unspecified atom stereocenters. The molecule has 3 N–H and O–H groups in total. The van der Waals surface area contributed by atoms with Crippen molar-refractivity contribution in [3.63, 3.8) is 0 Å². The Morgan fingerprint density at radius 3 is 2.68 bits per heavy atom. The van der Waals surface area contributed by atoms with Crippen LogP contribution < -0.4 is 16.2 Å². The maximum absolute atomic E-state index is 12.1. The zero-order valence-corrected chi connectivity index (χ0v) is 14.2. The number of nitrogens with zero attached hydrogens (tertiary/aromatic N) is 3. The molecule has 0 saturated carbocycles. The second-order valence-corrected chi connectivity index (χ2v) is 5.42. The Bertz CT molecular complexity index is 771. The molecule has 0 aliphatic carbocycles. The van der Waals surface area contributed by atoms with Crippen molar-refractivity contribution in [2.45, 2.75) is 19.8 Å². The van der Waals surface area contributed by atoms with Crippen molar-refractivity contribution >= 4 is 34.8 Å². The summed E-state index contributed by atoms with van der Waals surface area (Å²) >= 11 is 5.95. The molecule has 132 valence electrons. The Hall–Kier alpha value is -2.94. The van der Waals surface area contributed by atoms with Gasteiger partial charge in [-0.15, -0.1) is 0 Å². The van der Waals surface area contributed by atoms with Crippen molar-refractivity contribution in [1.29, 1.82) is 0 Å². The monoisotopic (exact) mass is 364 g/mol. The molecule has 1 amide bonds. The van der Waals surface area contributed by atoms with Gasteiger partial charge in [0.05, 0.1) is 15.5 Å². The standard InChI is InChI=1S/C15H17ClN6O3/c1-2-3-8-17-13-12(22(24)25)14(19-9-18-13)20-21-15(23)10-6-4-5-7-11(10)16/h4-7,9H,2-3,8H2,1H3,(H,21,23)(H2,17,18,19,20). The normalized spacial score (nSPS) is 10.2. The first-order valence-corrected chi connectivity index (χ1v) is 7.96.